The molecule has 2 saturated heterocycles. The second-order valence-corrected chi connectivity index (χ2v) is 9.66. The predicted octanol–water partition coefficient (Wildman–Crippen LogP) is 3.05. The molecule has 0 aromatic heterocycles. The average Bonchev–Trinajstić information content (AvgIpc) is 2.87. The summed E-state index contributed by atoms with van der Waals surface area (Å²) in [7, 11) is 0. The van der Waals surface area contributed by atoms with Gasteiger partial charge in [0.2, 0.25) is 5.91 Å². The van der Waals surface area contributed by atoms with Crippen LogP contribution >= 0.6 is 11.6 Å². The van der Waals surface area contributed by atoms with Gasteiger partial charge in [0.25, 0.3) is 0 Å². The standard InChI is InChI=1S/C26H33ClN4O2/c27-21-6-8-22(9-7-21)30-12-13-31-24-5-2-1-4-20(24)18-23(25(31)19-30)26(32)28-10-3-11-29-14-16-33-17-15-29/h1-2,4-9,23,25H,3,10-19H2,(H,28,32)/t23-,25-/m0/s1. The van der Waals surface area contributed by atoms with Crippen LogP contribution in [0.5, 0.6) is 0 Å². The van der Waals surface area contributed by atoms with Crippen LogP contribution in [0.1, 0.15) is 12.0 Å². The number of hydrogen-bond acceptors (Lipinski definition) is 5. The number of nitrogens with one attached hydrogen (secondary N) is 1. The molecule has 7 heteroatoms. The van der Waals surface area contributed by atoms with E-state index in [-0.39, 0.29) is 17.9 Å². The maximum atomic E-state index is 13.4. The van der Waals surface area contributed by atoms with Crippen LogP contribution < -0.4 is 15.1 Å². The molecule has 0 aliphatic carbocycles. The first-order valence-electron chi connectivity index (χ1n) is 12.1. The maximum absolute atomic E-state index is 13.4. The lowest BCUT2D eigenvalue weighted by molar-refractivity contribution is -0.125. The Morgan fingerprint density at radius 3 is 2.64 bits per heavy atom. The number of benzene rings is 2. The number of para-hydroxylation sites is 1. The molecule has 0 bridgehead atoms. The Bertz CT molecular complexity index is 948. The molecule has 1 N–H and O–H groups in total. The molecule has 33 heavy (non-hydrogen) atoms. The van der Waals surface area contributed by atoms with E-state index in [9.17, 15) is 4.79 Å². The summed E-state index contributed by atoms with van der Waals surface area (Å²) in [4.78, 5) is 20.7. The van der Waals surface area contributed by atoms with Crippen molar-refractivity contribution in [1.29, 1.82) is 0 Å². The van der Waals surface area contributed by atoms with Crippen LogP contribution in [-0.2, 0) is 16.0 Å². The molecular weight excluding hydrogens is 436 g/mol. The SMILES string of the molecule is O=C(NCCCN1CCOCC1)[C@H]1Cc2ccccc2N2CCN(c3ccc(Cl)cc3)C[C@@H]12. The Labute approximate surface area is 201 Å². The van der Waals surface area contributed by atoms with Gasteiger partial charge in [0.05, 0.1) is 25.2 Å². The number of hydrogen-bond donors (Lipinski definition) is 1. The topological polar surface area (TPSA) is 48.1 Å². The lowest BCUT2D eigenvalue weighted by Gasteiger charge is -2.49. The summed E-state index contributed by atoms with van der Waals surface area (Å²) in [5, 5.41) is 4.01. The van der Waals surface area contributed by atoms with Crippen molar-refractivity contribution in [3.8, 4) is 0 Å². The van der Waals surface area contributed by atoms with Gasteiger partial charge in [-0.3, -0.25) is 9.69 Å². The van der Waals surface area contributed by atoms with Crippen molar-refractivity contribution < 1.29 is 9.53 Å². The van der Waals surface area contributed by atoms with Crippen molar-refractivity contribution >= 4 is 28.9 Å². The molecule has 2 fully saturated rings. The molecule has 1 amide bonds. The van der Waals surface area contributed by atoms with Gasteiger partial charge >= 0.3 is 0 Å². The summed E-state index contributed by atoms with van der Waals surface area (Å²) >= 11 is 6.10. The Morgan fingerprint density at radius 2 is 1.82 bits per heavy atom. The van der Waals surface area contributed by atoms with Crippen LogP contribution in [-0.4, -0.2) is 75.9 Å². The van der Waals surface area contributed by atoms with E-state index in [1.165, 1.54) is 16.9 Å². The molecular formula is C26H33ClN4O2. The number of anilines is 2. The molecule has 176 valence electrons. The summed E-state index contributed by atoms with van der Waals surface area (Å²) in [6, 6.07) is 16.8. The van der Waals surface area contributed by atoms with Crippen molar-refractivity contribution in [1.82, 2.24) is 10.2 Å². The van der Waals surface area contributed by atoms with Crippen LogP contribution in [0.2, 0.25) is 5.02 Å². The van der Waals surface area contributed by atoms with Gasteiger partial charge in [-0.2, -0.15) is 0 Å². The third-order valence-electron chi connectivity index (χ3n) is 7.21. The van der Waals surface area contributed by atoms with Gasteiger partial charge in [-0.25, -0.2) is 0 Å². The highest BCUT2D eigenvalue weighted by atomic mass is 35.5. The van der Waals surface area contributed by atoms with Gasteiger partial charge in [0, 0.05) is 55.7 Å². The fraction of sp³-hybridized carbons (Fsp3) is 0.500. The van der Waals surface area contributed by atoms with E-state index < -0.39 is 0 Å². The van der Waals surface area contributed by atoms with Crippen molar-refractivity contribution in [3.05, 3.63) is 59.1 Å². The molecule has 3 heterocycles. The van der Waals surface area contributed by atoms with Crippen LogP contribution in [0.3, 0.4) is 0 Å². The molecule has 0 saturated carbocycles. The largest absolute Gasteiger partial charge is 0.379 e. The maximum Gasteiger partial charge on any atom is 0.225 e. The summed E-state index contributed by atoms with van der Waals surface area (Å²) in [6.45, 7) is 8.02. The van der Waals surface area contributed by atoms with Crippen LogP contribution in [0.4, 0.5) is 11.4 Å². The molecule has 2 aromatic carbocycles. The van der Waals surface area contributed by atoms with E-state index in [0.29, 0.717) is 0 Å². The van der Waals surface area contributed by atoms with Gasteiger partial charge in [0.1, 0.15) is 0 Å². The molecule has 0 unspecified atom stereocenters. The van der Waals surface area contributed by atoms with Gasteiger partial charge in [-0.05, 0) is 55.3 Å². The van der Waals surface area contributed by atoms with Crippen LogP contribution in [0.25, 0.3) is 0 Å². The molecule has 0 spiro atoms. The van der Waals surface area contributed by atoms with Crippen molar-refractivity contribution in [3.63, 3.8) is 0 Å². The minimum atomic E-state index is -0.0570. The Hall–Kier alpha value is -2.28. The molecule has 2 atom stereocenters. The highest BCUT2D eigenvalue weighted by molar-refractivity contribution is 6.30. The number of rotatable bonds is 6. The molecule has 3 aliphatic rings. The van der Waals surface area contributed by atoms with Gasteiger partial charge in [0.15, 0.2) is 0 Å². The number of ether oxygens (including phenoxy) is 1. The number of fused-ring (bicyclic) bond motifs is 3. The van der Waals surface area contributed by atoms with E-state index in [1.807, 2.05) is 12.1 Å². The monoisotopic (exact) mass is 468 g/mol. The summed E-state index contributed by atoms with van der Waals surface area (Å²) in [5.41, 5.74) is 3.74. The fourth-order valence-electron chi connectivity index (χ4n) is 5.41. The summed E-state index contributed by atoms with van der Waals surface area (Å²) in [6.07, 6.45) is 1.77. The minimum absolute atomic E-state index is 0.0570. The smallest absolute Gasteiger partial charge is 0.225 e. The number of carbonyl (C=O) groups excluding carboxylic acids is 1. The highest BCUT2D eigenvalue weighted by Gasteiger charge is 2.41. The predicted molar refractivity (Wildman–Crippen MR) is 133 cm³/mol. The fourth-order valence-corrected chi connectivity index (χ4v) is 5.54. The Kier molecular flexibility index (Phi) is 7.04. The van der Waals surface area contributed by atoms with Gasteiger partial charge in [-0.1, -0.05) is 29.8 Å². The van der Waals surface area contributed by atoms with Crippen molar-refractivity contribution in [2.24, 2.45) is 5.92 Å². The molecule has 6 nitrogen and oxygen atoms in total. The number of halogens is 1. The molecule has 5 rings (SSSR count). The second kappa shape index (κ2) is 10.3. The lowest BCUT2D eigenvalue weighted by atomic mass is 9.83. The van der Waals surface area contributed by atoms with Crippen molar-refractivity contribution in [2.75, 3.05) is 68.8 Å². The van der Waals surface area contributed by atoms with Gasteiger partial charge < -0.3 is 19.9 Å². The zero-order chi connectivity index (χ0) is 22.6. The van der Waals surface area contributed by atoms with Gasteiger partial charge in [-0.15, -0.1) is 0 Å². The van der Waals surface area contributed by atoms with Crippen LogP contribution in [0.15, 0.2) is 48.5 Å². The number of piperazine rings is 1. The van der Waals surface area contributed by atoms with E-state index >= 15 is 0 Å². The van der Waals surface area contributed by atoms with E-state index in [0.717, 1.165) is 76.9 Å². The molecule has 0 radical (unpaired) electrons. The number of nitrogens with zero attached hydrogens (tertiary/aromatic N) is 3. The number of amides is 1. The average molecular weight is 469 g/mol. The Morgan fingerprint density at radius 1 is 1.03 bits per heavy atom. The third-order valence-corrected chi connectivity index (χ3v) is 7.46. The van der Waals surface area contributed by atoms with Crippen LogP contribution in [0, 0.1) is 5.92 Å². The van der Waals surface area contributed by atoms with Crippen molar-refractivity contribution in [2.45, 2.75) is 18.9 Å². The normalized spacial score (nSPS) is 23.1. The lowest BCUT2D eigenvalue weighted by Crippen LogP contribution is -2.61. The van der Waals surface area contributed by atoms with E-state index in [1.54, 1.807) is 0 Å². The zero-order valence-corrected chi connectivity index (χ0v) is 19.8. The number of carbonyl (C=O) groups is 1. The molecule has 2 aromatic rings. The van der Waals surface area contributed by atoms with E-state index in [2.05, 4.69) is 56.4 Å². The quantitative estimate of drug-likeness (QED) is 0.660. The zero-order valence-electron chi connectivity index (χ0n) is 19.1. The Balaban J connectivity index is 1.26. The third kappa shape index (κ3) is 5.13. The first kappa shape index (κ1) is 22.5. The summed E-state index contributed by atoms with van der Waals surface area (Å²) < 4.78 is 5.42. The highest BCUT2D eigenvalue weighted by Crippen LogP contribution is 2.37. The minimum Gasteiger partial charge on any atom is -0.379 e. The first-order valence-corrected chi connectivity index (χ1v) is 12.5. The first-order chi connectivity index (χ1) is 16.2. The van der Waals surface area contributed by atoms with E-state index in [4.69, 9.17) is 16.3 Å². The summed E-state index contributed by atoms with van der Waals surface area (Å²) in [5.74, 6) is 0.123. The second-order valence-electron chi connectivity index (χ2n) is 9.22. The number of morpholine rings is 1. The molecule has 3 aliphatic heterocycles.